The Bertz CT molecular complexity index is 4510. The molecular weight excluding hydrogens is 969 g/mol. The van der Waals surface area contributed by atoms with Crippen molar-refractivity contribution in [3.05, 3.63) is 277 Å². The lowest BCUT2D eigenvalue weighted by Gasteiger charge is -2.22. The van der Waals surface area contributed by atoms with Crippen molar-refractivity contribution in [2.24, 2.45) is 0 Å². The van der Waals surface area contributed by atoms with E-state index in [0.29, 0.717) is 5.82 Å². The smallest absolute Gasteiger partial charge is 0.160 e. The highest BCUT2D eigenvalue weighted by molar-refractivity contribution is 6.11. The Kier molecular flexibility index (Phi) is 9.99. The number of nitrogens with zero attached hydrogens (tertiary/aromatic N) is 4. The molecular formula is C76H54N4. The van der Waals surface area contributed by atoms with Gasteiger partial charge in [-0.05, 0) is 127 Å². The summed E-state index contributed by atoms with van der Waals surface area (Å²) in [7, 11) is 0. The molecule has 0 N–H and O–H groups in total. The van der Waals surface area contributed by atoms with Crippen LogP contribution in [0, 0.1) is 0 Å². The van der Waals surface area contributed by atoms with Crippen LogP contribution in [0.2, 0.25) is 0 Å². The second-order valence-corrected chi connectivity index (χ2v) is 23.0. The summed E-state index contributed by atoms with van der Waals surface area (Å²) < 4.78 is 4.86. The minimum absolute atomic E-state index is 0.136. The summed E-state index contributed by atoms with van der Waals surface area (Å²) in [5.74, 6) is 0.702. The Morgan fingerprint density at radius 3 is 1.00 bits per heavy atom. The van der Waals surface area contributed by atoms with Crippen LogP contribution >= 0.6 is 0 Å². The normalized spacial score (nSPS) is 13.7. The van der Waals surface area contributed by atoms with Gasteiger partial charge < -0.3 is 9.13 Å². The number of benzene rings is 11. The third-order valence-corrected chi connectivity index (χ3v) is 17.8. The number of aromatic nitrogens is 4. The van der Waals surface area contributed by atoms with Crippen molar-refractivity contribution in [2.45, 2.75) is 38.5 Å². The molecule has 0 fully saturated rings. The molecule has 0 saturated heterocycles. The van der Waals surface area contributed by atoms with Crippen LogP contribution in [0.3, 0.4) is 0 Å². The molecule has 0 spiro atoms. The number of hydrogen-bond donors (Lipinski definition) is 0. The summed E-state index contributed by atoms with van der Waals surface area (Å²) in [6.07, 6.45) is 0. The van der Waals surface area contributed by atoms with Crippen LogP contribution in [0.1, 0.15) is 49.9 Å². The zero-order valence-corrected chi connectivity index (χ0v) is 45.0. The first kappa shape index (κ1) is 46.2. The highest BCUT2D eigenvalue weighted by Gasteiger charge is 2.37. The van der Waals surface area contributed by atoms with Crippen LogP contribution in [0.4, 0.5) is 0 Å². The molecule has 4 heteroatoms. The standard InChI is InChI=1S/C76H54N4/c1-75(2)64-23-11-5-17-56(64)58-39-37-51(43-66(58)75)68-46-69(52-38-40-59-57-18-6-12-24-65(57)76(3,4)67(59)44-52)78-74(77-68)50-35-33-48(34-36-50)47-29-31-49(32-30-47)53-41-54(79-70-25-13-7-19-60(70)61-20-8-14-26-71(61)79)45-55(42-53)80-72-27-15-9-21-62(72)63-22-10-16-28-73(63)80/h5-46H,1-4H3. The summed E-state index contributed by atoms with van der Waals surface area (Å²) in [5.41, 5.74) is 26.8. The summed E-state index contributed by atoms with van der Waals surface area (Å²) >= 11 is 0. The van der Waals surface area contributed by atoms with Gasteiger partial charge in [0.25, 0.3) is 0 Å². The van der Waals surface area contributed by atoms with Crippen molar-refractivity contribution in [3.63, 3.8) is 0 Å². The Hall–Kier alpha value is -9.90. The molecule has 0 radical (unpaired) electrons. The van der Waals surface area contributed by atoms with Crippen LogP contribution in [-0.4, -0.2) is 19.1 Å². The van der Waals surface area contributed by atoms with E-state index in [1.807, 2.05) is 0 Å². The first-order valence-electron chi connectivity index (χ1n) is 27.9. The molecule has 378 valence electrons. The predicted molar refractivity (Wildman–Crippen MR) is 333 cm³/mol. The molecule has 0 atom stereocenters. The zero-order chi connectivity index (χ0) is 53.4. The van der Waals surface area contributed by atoms with E-state index >= 15 is 0 Å². The monoisotopic (exact) mass is 1020 g/mol. The van der Waals surface area contributed by atoms with Crippen molar-refractivity contribution in [1.29, 1.82) is 0 Å². The first-order valence-corrected chi connectivity index (χ1v) is 27.9. The van der Waals surface area contributed by atoms with Crippen LogP contribution in [0.15, 0.2) is 255 Å². The molecule has 80 heavy (non-hydrogen) atoms. The first-order chi connectivity index (χ1) is 39.2. The highest BCUT2D eigenvalue weighted by Crippen LogP contribution is 2.51. The van der Waals surface area contributed by atoms with E-state index < -0.39 is 0 Å². The van der Waals surface area contributed by atoms with E-state index in [1.165, 1.54) is 88.1 Å². The van der Waals surface area contributed by atoms with Crippen LogP contribution in [-0.2, 0) is 10.8 Å². The second-order valence-electron chi connectivity index (χ2n) is 23.0. The van der Waals surface area contributed by atoms with E-state index in [-0.39, 0.29) is 10.8 Å². The molecule has 0 saturated carbocycles. The van der Waals surface area contributed by atoms with Crippen molar-refractivity contribution >= 4 is 43.6 Å². The molecule has 3 aromatic heterocycles. The fourth-order valence-electron chi connectivity index (χ4n) is 13.7. The maximum Gasteiger partial charge on any atom is 0.160 e. The Morgan fingerprint density at radius 1 is 0.263 bits per heavy atom. The Labute approximate surface area is 465 Å². The third kappa shape index (κ3) is 6.95. The maximum absolute atomic E-state index is 5.41. The van der Waals surface area contributed by atoms with Gasteiger partial charge in [0.2, 0.25) is 0 Å². The number of para-hydroxylation sites is 4. The van der Waals surface area contributed by atoms with Gasteiger partial charge in [0.05, 0.1) is 33.5 Å². The van der Waals surface area contributed by atoms with E-state index in [0.717, 1.165) is 61.7 Å². The fourth-order valence-corrected chi connectivity index (χ4v) is 13.7. The lowest BCUT2D eigenvalue weighted by molar-refractivity contribution is 0.660. The van der Waals surface area contributed by atoms with Gasteiger partial charge in [-0.15, -0.1) is 0 Å². The molecule has 2 aliphatic carbocycles. The molecule has 0 aliphatic heterocycles. The number of hydrogen-bond acceptors (Lipinski definition) is 2. The van der Waals surface area contributed by atoms with Gasteiger partial charge in [-0.25, -0.2) is 9.97 Å². The molecule has 3 heterocycles. The second kappa shape index (κ2) is 17.3. The fraction of sp³-hybridized carbons (Fsp3) is 0.0789. The minimum atomic E-state index is -0.136. The van der Waals surface area contributed by atoms with Crippen molar-refractivity contribution in [1.82, 2.24) is 19.1 Å². The van der Waals surface area contributed by atoms with Crippen molar-refractivity contribution < 1.29 is 0 Å². The summed E-state index contributed by atoms with van der Waals surface area (Å²) in [6, 6.07) is 93.7. The van der Waals surface area contributed by atoms with E-state index in [2.05, 4.69) is 292 Å². The van der Waals surface area contributed by atoms with Gasteiger partial charge in [-0.2, -0.15) is 0 Å². The summed E-state index contributed by atoms with van der Waals surface area (Å²) in [6.45, 7) is 9.36. The summed E-state index contributed by atoms with van der Waals surface area (Å²) in [5, 5.41) is 4.97. The van der Waals surface area contributed by atoms with Crippen LogP contribution < -0.4 is 0 Å². The molecule has 14 aromatic rings. The van der Waals surface area contributed by atoms with Gasteiger partial charge in [0, 0.05) is 60.4 Å². The minimum Gasteiger partial charge on any atom is -0.309 e. The van der Waals surface area contributed by atoms with E-state index in [4.69, 9.17) is 9.97 Å². The van der Waals surface area contributed by atoms with Gasteiger partial charge in [0.1, 0.15) is 0 Å². The van der Waals surface area contributed by atoms with Crippen LogP contribution in [0.5, 0.6) is 0 Å². The van der Waals surface area contributed by atoms with Gasteiger partial charge in [-0.1, -0.05) is 222 Å². The van der Waals surface area contributed by atoms with Gasteiger partial charge in [-0.3, -0.25) is 0 Å². The topological polar surface area (TPSA) is 35.6 Å². The maximum atomic E-state index is 5.41. The van der Waals surface area contributed by atoms with E-state index in [1.54, 1.807) is 0 Å². The third-order valence-electron chi connectivity index (χ3n) is 17.8. The molecule has 0 bridgehead atoms. The molecule has 4 nitrogen and oxygen atoms in total. The van der Waals surface area contributed by atoms with Gasteiger partial charge in [0.15, 0.2) is 5.82 Å². The SMILES string of the molecule is CC1(C)c2ccccc2-c2ccc(-c3cc(-c4ccc5c(c4)C(C)(C)c4ccccc4-5)nc(-c4ccc(-c5ccc(-c6cc(-n7c8ccccc8c8ccccc87)cc(-n7c8ccccc8c8ccccc87)c6)cc5)cc4)n3)cc21. The molecule has 11 aromatic carbocycles. The van der Waals surface area contributed by atoms with Gasteiger partial charge >= 0.3 is 0 Å². The van der Waals surface area contributed by atoms with Crippen molar-refractivity contribution in [3.8, 4) is 89.8 Å². The van der Waals surface area contributed by atoms with Crippen molar-refractivity contribution in [2.75, 3.05) is 0 Å². The molecule has 16 rings (SSSR count). The zero-order valence-electron chi connectivity index (χ0n) is 45.0. The van der Waals surface area contributed by atoms with E-state index in [9.17, 15) is 0 Å². The average Bonchev–Trinajstić information content (AvgIpc) is 4.26. The summed E-state index contributed by atoms with van der Waals surface area (Å²) in [4.78, 5) is 10.8. The number of fused-ring (bicyclic) bond motifs is 12. The van der Waals surface area contributed by atoms with Crippen LogP contribution in [0.25, 0.3) is 133 Å². The molecule has 0 amide bonds. The average molecular weight is 1020 g/mol. The lowest BCUT2D eigenvalue weighted by Crippen LogP contribution is -2.15. The lowest BCUT2D eigenvalue weighted by atomic mass is 9.81. The quantitative estimate of drug-likeness (QED) is 0.159. The highest BCUT2D eigenvalue weighted by atomic mass is 15.0. The Balaban J connectivity index is 0.789. The number of rotatable bonds is 7. The molecule has 2 aliphatic rings. The predicted octanol–water partition coefficient (Wildman–Crippen LogP) is 19.6. The Morgan fingerprint density at radius 2 is 0.588 bits per heavy atom. The largest absolute Gasteiger partial charge is 0.309 e. The molecule has 0 unspecified atom stereocenters.